The lowest BCUT2D eigenvalue weighted by atomic mass is 9.66. The quantitative estimate of drug-likeness (QED) is 0.175. The maximum atomic E-state index is 2.49. The molecule has 2 nitrogen and oxygen atoms in total. The number of rotatable bonds is 4. The van der Waals surface area contributed by atoms with E-state index in [2.05, 4.69) is 252 Å². The summed E-state index contributed by atoms with van der Waals surface area (Å²) >= 11 is 0. The Kier molecular flexibility index (Phi) is 7.85. The van der Waals surface area contributed by atoms with E-state index in [0.717, 1.165) is 34.1 Å². The second-order valence-corrected chi connectivity index (χ2v) is 16.7. The van der Waals surface area contributed by atoms with Crippen LogP contribution < -0.4 is 9.80 Å². The third kappa shape index (κ3) is 5.07. The predicted molar refractivity (Wildman–Crippen MR) is 262 cm³/mol. The minimum Gasteiger partial charge on any atom is -0.310 e. The molecule has 1 aliphatic heterocycles. The summed E-state index contributed by atoms with van der Waals surface area (Å²) in [6.45, 7) is 0. The largest absolute Gasteiger partial charge is 0.310 e. The van der Waals surface area contributed by atoms with E-state index in [4.69, 9.17) is 0 Å². The van der Waals surface area contributed by atoms with Crippen LogP contribution in [-0.2, 0) is 5.41 Å². The molecule has 0 unspecified atom stereocenters. The fourth-order valence-electron chi connectivity index (χ4n) is 11.2. The lowest BCUT2D eigenvalue weighted by molar-refractivity contribution is 0.775. The fourth-order valence-corrected chi connectivity index (χ4v) is 11.2. The van der Waals surface area contributed by atoms with Gasteiger partial charge in [0.15, 0.2) is 0 Å². The topological polar surface area (TPSA) is 6.48 Å². The third-order valence-electron chi connectivity index (χ3n) is 13.6. The smallest absolute Gasteiger partial charge is 0.0726 e. The number of nitrogens with zero attached hydrogens (tertiary/aromatic N) is 2. The summed E-state index contributed by atoms with van der Waals surface area (Å²) in [4.78, 5) is 4.91. The highest BCUT2D eigenvalue weighted by Gasteiger charge is 2.50. The summed E-state index contributed by atoms with van der Waals surface area (Å²) in [7, 11) is 0. The first-order valence-corrected chi connectivity index (χ1v) is 21.9. The number of fused-ring (bicyclic) bond motifs is 17. The van der Waals surface area contributed by atoms with Crippen LogP contribution >= 0.6 is 0 Å². The van der Waals surface area contributed by atoms with E-state index in [0.29, 0.717) is 0 Å². The van der Waals surface area contributed by atoms with Crippen molar-refractivity contribution < 1.29 is 0 Å². The molecule has 0 amide bonds. The van der Waals surface area contributed by atoms with Gasteiger partial charge in [-0.3, -0.25) is 0 Å². The molecule has 0 saturated carbocycles. The molecule has 2 aliphatic carbocycles. The average molecular weight is 801 g/mol. The fraction of sp³-hybridized carbons (Fsp3) is 0.0164. The number of hydrogen-bond donors (Lipinski definition) is 0. The molecule has 2 heteroatoms. The Labute approximate surface area is 368 Å². The Hall–Kier alpha value is -8.20. The van der Waals surface area contributed by atoms with E-state index in [1.165, 1.54) is 77.9 Å². The van der Waals surface area contributed by atoms with Gasteiger partial charge in [0.2, 0.25) is 0 Å². The lowest BCUT2D eigenvalue weighted by Crippen LogP contribution is -2.29. The van der Waals surface area contributed by atoms with Gasteiger partial charge in [0, 0.05) is 33.8 Å². The van der Waals surface area contributed by atoms with Crippen LogP contribution in [0.3, 0.4) is 0 Å². The highest BCUT2D eigenvalue weighted by atomic mass is 15.2. The van der Waals surface area contributed by atoms with Crippen molar-refractivity contribution in [2.24, 2.45) is 0 Å². The molecule has 0 N–H and O–H groups in total. The summed E-state index contributed by atoms with van der Waals surface area (Å²) < 4.78 is 0. The summed E-state index contributed by atoms with van der Waals surface area (Å²) in [5, 5.41) is 0. The Morgan fingerprint density at radius 3 is 1.35 bits per heavy atom. The minimum absolute atomic E-state index is 0.576. The first-order valence-electron chi connectivity index (χ1n) is 21.9. The molecule has 13 rings (SSSR count). The van der Waals surface area contributed by atoms with Gasteiger partial charge in [0.05, 0.1) is 22.5 Å². The summed E-state index contributed by atoms with van der Waals surface area (Å²) in [5.41, 5.74) is 23.8. The van der Waals surface area contributed by atoms with Crippen molar-refractivity contribution in [1.29, 1.82) is 0 Å². The van der Waals surface area contributed by atoms with Crippen LogP contribution in [0.15, 0.2) is 243 Å². The lowest BCUT2D eigenvalue weighted by Gasteiger charge is -2.35. The van der Waals surface area contributed by atoms with Crippen molar-refractivity contribution in [2.45, 2.75) is 5.41 Å². The Morgan fingerprint density at radius 1 is 0.286 bits per heavy atom. The van der Waals surface area contributed by atoms with Crippen molar-refractivity contribution in [3.8, 4) is 55.6 Å². The molecule has 1 heterocycles. The van der Waals surface area contributed by atoms with Gasteiger partial charge in [-0.1, -0.05) is 188 Å². The van der Waals surface area contributed by atoms with Crippen molar-refractivity contribution in [3.63, 3.8) is 0 Å². The second-order valence-electron chi connectivity index (χ2n) is 16.7. The SMILES string of the molecule is c1ccc(N(c2ccc3c(c2)-c2ccccc2N(c2ccccc2)c2ccccc2-3)c2cccc3c2-c2ccccc2C32c3ccccc3-c3ccccc3-c3ccccc32)cc1. The van der Waals surface area contributed by atoms with Crippen LogP contribution in [0.25, 0.3) is 55.6 Å². The number of para-hydroxylation sites is 4. The number of hydrogen-bond acceptors (Lipinski definition) is 2. The molecule has 10 aromatic rings. The van der Waals surface area contributed by atoms with Crippen molar-refractivity contribution in [2.75, 3.05) is 9.80 Å². The molecule has 0 saturated heterocycles. The first kappa shape index (κ1) is 35.5. The Balaban J connectivity index is 1.10. The molecule has 10 aromatic carbocycles. The molecule has 0 bridgehead atoms. The van der Waals surface area contributed by atoms with Crippen LogP contribution in [-0.4, -0.2) is 0 Å². The van der Waals surface area contributed by atoms with Crippen LogP contribution in [0, 0.1) is 0 Å². The van der Waals surface area contributed by atoms with E-state index in [1.807, 2.05) is 0 Å². The van der Waals surface area contributed by atoms with Crippen molar-refractivity contribution >= 4 is 34.1 Å². The van der Waals surface area contributed by atoms with E-state index in [9.17, 15) is 0 Å². The predicted octanol–water partition coefficient (Wildman–Crippen LogP) is 16.3. The Bertz CT molecular complexity index is 3350. The van der Waals surface area contributed by atoms with Gasteiger partial charge in [0.25, 0.3) is 0 Å². The molecular weight excluding hydrogens is 761 g/mol. The average Bonchev–Trinajstić information content (AvgIpc) is 3.53. The summed E-state index contributed by atoms with van der Waals surface area (Å²) in [5.74, 6) is 0. The van der Waals surface area contributed by atoms with Gasteiger partial charge in [-0.2, -0.15) is 0 Å². The maximum Gasteiger partial charge on any atom is 0.0726 e. The van der Waals surface area contributed by atoms with Crippen LogP contribution in [0.5, 0.6) is 0 Å². The van der Waals surface area contributed by atoms with Gasteiger partial charge in [-0.25, -0.2) is 0 Å². The number of benzene rings is 10. The van der Waals surface area contributed by atoms with Crippen molar-refractivity contribution in [3.05, 3.63) is 265 Å². The minimum atomic E-state index is -0.576. The molecule has 0 atom stereocenters. The highest BCUT2D eigenvalue weighted by molar-refractivity contribution is 6.05. The second kappa shape index (κ2) is 13.9. The van der Waals surface area contributed by atoms with Crippen molar-refractivity contribution in [1.82, 2.24) is 0 Å². The van der Waals surface area contributed by atoms with Gasteiger partial charge in [0.1, 0.15) is 0 Å². The normalized spacial score (nSPS) is 13.2. The maximum absolute atomic E-state index is 2.49. The molecular formula is C61H40N2. The third-order valence-corrected chi connectivity index (χ3v) is 13.6. The van der Waals surface area contributed by atoms with Crippen LogP contribution in [0.4, 0.5) is 34.1 Å². The van der Waals surface area contributed by atoms with Crippen LogP contribution in [0.2, 0.25) is 0 Å². The molecule has 294 valence electrons. The zero-order valence-electron chi connectivity index (χ0n) is 34.5. The highest BCUT2D eigenvalue weighted by Crippen LogP contribution is 2.64. The molecule has 63 heavy (non-hydrogen) atoms. The van der Waals surface area contributed by atoms with E-state index >= 15 is 0 Å². The van der Waals surface area contributed by atoms with E-state index < -0.39 is 5.41 Å². The molecule has 3 aliphatic rings. The molecule has 0 radical (unpaired) electrons. The van der Waals surface area contributed by atoms with Gasteiger partial charge >= 0.3 is 0 Å². The zero-order chi connectivity index (χ0) is 41.5. The standard InChI is InChI=1S/C61H40N2/c1-3-20-41(21-4-1)62(43-38-39-46-49-28-12-17-35-57(49)63(42-22-5-2-6-23-42)58-36-18-13-29-50(58)52(46)40-43)59-37-19-34-56-60(59)51-30-11-16-33-55(51)61(56)53-31-14-9-26-47(53)44-24-7-8-25-45(44)48-27-10-15-32-54(48)61/h1-40H. The van der Waals surface area contributed by atoms with Gasteiger partial charge < -0.3 is 9.80 Å². The first-order chi connectivity index (χ1) is 31.3. The monoisotopic (exact) mass is 800 g/mol. The van der Waals surface area contributed by atoms with Gasteiger partial charge in [-0.15, -0.1) is 0 Å². The van der Waals surface area contributed by atoms with E-state index in [1.54, 1.807) is 0 Å². The van der Waals surface area contributed by atoms with E-state index in [-0.39, 0.29) is 0 Å². The summed E-state index contributed by atoms with van der Waals surface area (Å²) in [6, 6.07) is 89.9. The zero-order valence-corrected chi connectivity index (χ0v) is 34.5. The molecule has 0 fully saturated rings. The molecule has 0 aromatic heterocycles. The molecule has 1 spiro atoms. The van der Waals surface area contributed by atoms with Crippen LogP contribution in [0.1, 0.15) is 22.3 Å². The summed E-state index contributed by atoms with van der Waals surface area (Å²) in [6.07, 6.45) is 0. The Morgan fingerprint density at radius 2 is 0.730 bits per heavy atom. The van der Waals surface area contributed by atoms with Gasteiger partial charge in [-0.05, 0) is 116 Å². The number of anilines is 6.